The fraction of sp³-hybridized carbons (Fsp3) is 0.727. The molecule has 220 valence electrons. The summed E-state index contributed by atoms with van der Waals surface area (Å²) in [6, 6.07) is 0. The molecule has 6 heteroatoms. The van der Waals surface area contributed by atoms with Crippen LogP contribution in [0.15, 0.2) is 47.3 Å². The Morgan fingerprint density at radius 2 is 1.87 bits per heavy atom. The first-order valence-corrected chi connectivity index (χ1v) is 14.9. The Labute approximate surface area is 236 Å². The van der Waals surface area contributed by atoms with E-state index in [9.17, 15) is 9.90 Å². The smallest absolute Gasteiger partial charge is 0.373 e. The fourth-order valence-electron chi connectivity index (χ4n) is 6.62. The van der Waals surface area contributed by atoms with Crippen LogP contribution in [0.4, 0.5) is 0 Å². The number of allylic oxidation sites excluding steroid dienone is 5. The summed E-state index contributed by atoms with van der Waals surface area (Å²) in [5.74, 6) is 0.337. The first kappa shape index (κ1) is 31.6. The van der Waals surface area contributed by atoms with Gasteiger partial charge in [-0.15, -0.1) is 0 Å². The number of ether oxygens (including phenoxy) is 4. The van der Waals surface area contributed by atoms with Crippen molar-refractivity contribution in [3.8, 4) is 0 Å². The van der Waals surface area contributed by atoms with Crippen LogP contribution >= 0.6 is 0 Å². The van der Waals surface area contributed by atoms with Crippen molar-refractivity contribution in [3.05, 3.63) is 47.3 Å². The monoisotopic (exact) mass is 544 g/mol. The normalized spacial score (nSPS) is 43.2. The Kier molecular flexibility index (Phi) is 11.5. The number of aliphatic hydroxyl groups excluding tert-OH is 1. The molecule has 3 rings (SSSR count). The van der Waals surface area contributed by atoms with Gasteiger partial charge in [0.25, 0.3) is 0 Å². The molecule has 1 N–H and O–H groups in total. The minimum Gasteiger partial charge on any atom is -0.490 e. The summed E-state index contributed by atoms with van der Waals surface area (Å²) >= 11 is 0. The van der Waals surface area contributed by atoms with Crippen LogP contribution in [0.2, 0.25) is 0 Å². The van der Waals surface area contributed by atoms with Gasteiger partial charge in [-0.05, 0) is 62.9 Å². The summed E-state index contributed by atoms with van der Waals surface area (Å²) in [5.41, 5.74) is 2.07. The second-order valence-corrected chi connectivity index (χ2v) is 12.5. The minimum absolute atomic E-state index is 0.0679. The van der Waals surface area contributed by atoms with Crippen molar-refractivity contribution in [1.82, 2.24) is 0 Å². The average molecular weight is 545 g/mol. The van der Waals surface area contributed by atoms with Gasteiger partial charge >= 0.3 is 5.97 Å². The van der Waals surface area contributed by atoms with Crippen LogP contribution in [0.1, 0.15) is 80.6 Å². The third-order valence-electron chi connectivity index (χ3n) is 9.21. The van der Waals surface area contributed by atoms with Gasteiger partial charge in [-0.25, -0.2) is 4.79 Å². The highest BCUT2D eigenvalue weighted by molar-refractivity contribution is 5.87. The van der Waals surface area contributed by atoms with Gasteiger partial charge in [-0.3, -0.25) is 0 Å². The lowest BCUT2D eigenvalue weighted by atomic mass is 9.71. The molecule has 39 heavy (non-hydrogen) atoms. The Bertz CT molecular complexity index is 938. The van der Waals surface area contributed by atoms with Crippen molar-refractivity contribution in [2.45, 2.75) is 98.6 Å². The van der Waals surface area contributed by atoms with Crippen molar-refractivity contribution >= 4 is 5.97 Å². The molecule has 3 aliphatic rings. The molecule has 0 aromatic heterocycles. The van der Waals surface area contributed by atoms with E-state index in [1.807, 2.05) is 19.9 Å². The van der Waals surface area contributed by atoms with E-state index in [-0.39, 0.29) is 35.5 Å². The van der Waals surface area contributed by atoms with Crippen LogP contribution in [0.5, 0.6) is 0 Å². The van der Waals surface area contributed by atoms with Gasteiger partial charge in [0.1, 0.15) is 6.10 Å². The van der Waals surface area contributed by atoms with E-state index < -0.39 is 17.9 Å². The number of carbonyl (C=O) groups excluding carboxylic acids is 1. The van der Waals surface area contributed by atoms with Gasteiger partial charge in [-0.2, -0.15) is 0 Å². The molecule has 3 heterocycles. The second kappa shape index (κ2) is 14.1. The van der Waals surface area contributed by atoms with E-state index >= 15 is 0 Å². The van der Waals surface area contributed by atoms with Crippen molar-refractivity contribution in [3.63, 3.8) is 0 Å². The van der Waals surface area contributed by atoms with Crippen LogP contribution in [0, 0.1) is 35.5 Å². The number of hydrogen-bond donors (Lipinski definition) is 1. The third-order valence-corrected chi connectivity index (χ3v) is 9.21. The third kappa shape index (κ3) is 8.08. The highest BCUT2D eigenvalue weighted by Crippen LogP contribution is 2.46. The molecule has 1 spiro atoms. The Morgan fingerprint density at radius 3 is 2.54 bits per heavy atom. The number of hydrogen-bond acceptors (Lipinski definition) is 6. The van der Waals surface area contributed by atoms with E-state index in [4.69, 9.17) is 18.9 Å². The minimum atomic E-state index is -0.543. The second-order valence-electron chi connectivity index (χ2n) is 12.5. The Morgan fingerprint density at radius 1 is 1.13 bits per heavy atom. The van der Waals surface area contributed by atoms with Gasteiger partial charge in [-0.1, -0.05) is 70.1 Å². The maximum Gasteiger partial charge on any atom is 0.373 e. The van der Waals surface area contributed by atoms with Gasteiger partial charge in [0.05, 0.1) is 26.4 Å². The molecule has 0 aliphatic carbocycles. The van der Waals surface area contributed by atoms with E-state index in [1.54, 1.807) is 6.08 Å². The van der Waals surface area contributed by atoms with Gasteiger partial charge in [0, 0.05) is 24.7 Å². The molecule has 0 saturated carbocycles. The van der Waals surface area contributed by atoms with Gasteiger partial charge in [0.15, 0.2) is 5.79 Å². The Balaban J connectivity index is 1.89. The number of carbonyl (C=O) groups is 1. The molecule has 2 saturated heterocycles. The predicted octanol–water partition coefficient (Wildman–Crippen LogP) is 6.76. The SMILES string of the molecule is CO/C1=C\C(C)=C\[C@@H](C)[C@@H](O)[C@@H](C)C/C(C)=C/C=C/C[C@@H]([C@@H](C)[C@H]2CCO[C@@]3(CC[C@H](C)CO3)[C@H]2C)OC1=O. The lowest BCUT2D eigenvalue weighted by Crippen LogP contribution is -2.54. The molecule has 0 bridgehead atoms. The van der Waals surface area contributed by atoms with Crippen LogP contribution < -0.4 is 0 Å². The summed E-state index contributed by atoms with van der Waals surface area (Å²) in [6.45, 7) is 16.1. The van der Waals surface area contributed by atoms with E-state index in [0.29, 0.717) is 24.9 Å². The summed E-state index contributed by atoms with van der Waals surface area (Å²) in [4.78, 5) is 13.4. The average Bonchev–Trinajstić information content (AvgIpc) is 2.90. The molecule has 0 unspecified atom stereocenters. The molecule has 2 fully saturated rings. The largest absolute Gasteiger partial charge is 0.490 e. The first-order valence-electron chi connectivity index (χ1n) is 14.9. The standard InChI is InChI=1S/C33H52O6/c1-21-11-9-10-12-29(26(6)28-14-16-37-33(27(28)7)15-13-22(2)20-38-33)39-32(35)30(36-8)19-23(3)18-25(5)31(34)24(4)17-21/h9-11,18-19,22,24-29,31,34H,12-17,20H2,1-8H3/b10-9+,21-11+,23-18+,30-19-/t22-,24-,25+,26-,27-,28+,29-,31-,33+/m0/s1. The number of esters is 1. The van der Waals surface area contributed by atoms with Crippen LogP contribution in [-0.4, -0.2) is 49.4 Å². The van der Waals surface area contributed by atoms with Crippen LogP contribution in [0.3, 0.4) is 0 Å². The maximum absolute atomic E-state index is 13.4. The molecule has 0 aromatic rings. The number of rotatable bonds is 3. The fourth-order valence-corrected chi connectivity index (χ4v) is 6.62. The lowest BCUT2D eigenvalue weighted by molar-refractivity contribution is -0.319. The van der Waals surface area contributed by atoms with E-state index in [2.05, 4.69) is 52.8 Å². The summed E-state index contributed by atoms with van der Waals surface area (Å²) < 4.78 is 24.3. The molecular weight excluding hydrogens is 492 g/mol. The first-order chi connectivity index (χ1) is 18.5. The highest BCUT2D eigenvalue weighted by Gasteiger charge is 2.49. The van der Waals surface area contributed by atoms with Crippen molar-refractivity contribution in [2.75, 3.05) is 20.3 Å². The molecule has 0 aromatic carbocycles. The summed E-state index contributed by atoms with van der Waals surface area (Å²) in [7, 11) is 1.50. The zero-order chi connectivity index (χ0) is 28.7. The van der Waals surface area contributed by atoms with Crippen molar-refractivity contribution < 1.29 is 28.8 Å². The molecular formula is C33H52O6. The zero-order valence-corrected chi connectivity index (χ0v) is 25.4. The summed E-state index contributed by atoms with van der Waals surface area (Å²) in [6.07, 6.45) is 13.5. The van der Waals surface area contributed by atoms with Gasteiger partial charge in [0.2, 0.25) is 5.76 Å². The van der Waals surface area contributed by atoms with Crippen molar-refractivity contribution in [1.29, 1.82) is 0 Å². The van der Waals surface area contributed by atoms with E-state index in [1.165, 1.54) is 12.7 Å². The zero-order valence-electron chi connectivity index (χ0n) is 25.4. The quantitative estimate of drug-likeness (QED) is 0.396. The van der Waals surface area contributed by atoms with Crippen molar-refractivity contribution in [2.24, 2.45) is 35.5 Å². The highest BCUT2D eigenvalue weighted by atomic mass is 16.7. The number of cyclic esters (lactones) is 1. The molecule has 0 radical (unpaired) electrons. The molecule has 3 aliphatic heterocycles. The Hall–Kier alpha value is -1.89. The van der Waals surface area contributed by atoms with E-state index in [0.717, 1.165) is 37.9 Å². The maximum atomic E-state index is 13.4. The lowest BCUT2D eigenvalue weighted by Gasteiger charge is -2.51. The van der Waals surface area contributed by atoms with Crippen LogP contribution in [-0.2, 0) is 23.7 Å². The number of aliphatic hydroxyl groups is 1. The molecule has 6 nitrogen and oxygen atoms in total. The van der Waals surface area contributed by atoms with Gasteiger partial charge < -0.3 is 24.1 Å². The topological polar surface area (TPSA) is 74.2 Å². The molecule has 9 atom stereocenters. The predicted molar refractivity (Wildman–Crippen MR) is 155 cm³/mol. The summed E-state index contributed by atoms with van der Waals surface area (Å²) in [5, 5.41) is 10.9. The molecule has 0 amide bonds. The van der Waals surface area contributed by atoms with Crippen LogP contribution in [0.25, 0.3) is 0 Å². The number of methoxy groups -OCH3 is 1.